The molecule has 0 saturated heterocycles. The molecule has 5 rings (SSSR count). The minimum absolute atomic E-state index is 0.749. The Morgan fingerprint density at radius 1 is 0.731 bits per heavy atom. The van der Waals surface area contributed by atoms with Crippen LogP contribution < -0.4 is 0 Å². The van der Waals surface area contributed by atoms with Crippen molar-refractivity contribution in [3.8, 4) is 11.1 Å². The van der Waals surface area contributed by atoms with E-state index in [0.29, 0.717) is 0 Å². The Morgan fingerprint density at radius 2 is 1.58 bits per heavy atom. The number of halogens is 1. The summed E-state index contributed by atoms with van der Waals surface area (Å²) in [5.74, 6) is 0.749. The van der Waals surface area contributed by atoms with Crippen molar-refractivity contribution in [2.45, 2.75) is 38.0 Å². The first-order valence-corrected chi connectivity index (χ1v) is 10.7. The van der Waals surface area contributed by atoms with Crippen molar-refractivity contribution in [3.63, 3.8) is 0 Å². The maximum atomic E-state index is 6.20. The van der Waals surface area contributed by atoms with Gasteiger partial charge in [0.15, 0.2) is 0 Å². The molecule has 0 radical (unpaired) electrons. The van der Waals surface area contributed by atoms with E-state index in [0.717, 1.165) is 10.9 Å². The summed E-state index contributed by atoms with van der Waals surface area (Å²) in [7, 11) is 0. The van der Waals surface area contributed by atoms with E-state index in [-0.39, 0.29) is 0 Å². The van der Waals surface area contributed by atoms with Crippen molar-refractivity contribution in [2.24, 2.45) is 0 Å². The Kier molecular flexibility index (Phi) is 4.23. The van der Waals surface area contributed by atoms with Crippen LogP contribution in [0.2, 0.25) is 5.02 Å². The number of hydrogen-bond acceptors (Lipinski definition) is 1. The Labute approximate surface area is 163 Å². The van der Waals surface area contributed by atoms with Crippen LogP contribution in [-0.2, 0) is 0 Å². The first kappa shape index (κ1) is 16.4. The van der Waals surface area contributed by atoms with Gasteiger partial charge < -0.3 is 0 Å². The molecule has 1 aromatic heterocycles. The van der Waals surface area contributed by atoms with E-state index < -0.39 is 0 Å². The van der Waals surface area contributed by atoms with Crippen LogP contribution in [0.1, 0.15) is 43.6 Å². The molecule has 130 valence electrons. The standard InChI is InChI=1S/C24H21ClS/c25-20-10-12-23-22(15-20)21-11-9-19(14-24(21)26-23)18-8-4-7-17(13-18)16-5-2-1-3-6-16/h4,7-16H,1-3,5-6H2. The molecule has 1 heterocycles. The summed E-state index contributed by atoms with van der Waals surface area (Å²) in [5, 5.41) is 3.38. The maximum Gasteiger partial charge on any atom is 0.0413 e. The number of fused-ring (bicyclic) bond motifs is 3. The van der Waals surface area contributed by atoms with Crippen LogP contribution >= 0.6 is 22.9 Å². The van der Waals surface area contributed by atoms with Crippen molar-refractivity contribution in [1.82, 2.24) is 0 Å². The SMILES string of the molecule is Clc1ccc2sc3cc(-c4cccc(C5CCCCC5)c4)ccc3c2c1. The summed E-state index contributed by atoms with van der Waals surface area (Å²) >= 11 is 8.05. The van der Waals surface area contributed by atoms with Gasteiger partial charge in [0.05, 0.1) is 0 Å². The molecule has 0 spiro atoms. The number of rotatable bonds is 2. The Bertz CT molecular complexity index is 1090. The van der Waals surface area contributed by atoms with Gasteiger partial charge in [0.1, 0.15) is 0 Å². The minimum atomic E-state index is 0.749. The lowest BCUT2D eigenvalue weighted by molar-refractivity contribution is 0.444. The molecule has 0 aliphatic heterocycles. The highest BCUT2D eigenvalue weighted by Gasteiger charge is 2.16. The van der Waals surface area contributed by atoms with Crippen LogP contribution in [0.3, 0.4) is 0 Å². The molecule has 2 heteroatoms. The average molecular weight is 377 g/mol. The fourth-order valence-corrected chi connectivity index (χ4v) is 5.63. The van der Waals surface area contributed by atoms with Gasteiger partial charge in [-0.15, -0.1) is 11.3 Å². The fourth-order valence-electron chi connectivity index (χ4n) is 4.34. The molecular formula is C24H21ClS. The lowest BCUT2D eigenvalue weighted by Gasteiger charge is -2.22. The summed E-state index contributed by atoms with van der Waals surface area (Å²) < 4.78 is 2.64. The monoisotopic (exact) mass is 376 g/mol. The second-order valence-corrected chi connectivity index (χ2v) is 8.93. The van der Waals surface area contributed by atoms with E-state index in [2.05, 4.69) is 54.6 Å². The van der Waals surface area contributed by atoms with Crippen molar-refractivity contribution in [1.29, 1.82) is 0 Å². The van der Waals surface area contributed by atoms with Gasteiger partial charge in [0.2, 0.25) is 0 Å². The van der Waals surface area contributed by atoms with Gasteiger partial charge in [0.25, 0.3) is 0 Å². The molecule has 1 saturated carbocycles. The zero-order chi connectivity index (χ0) is 17.5. The molecule has 1 fully saturated rings. The van der Waals surface area contributed by atoms with Crippen molar-refractivity contribution >= 4 is 43.1 Å². The lowest BCUT2D eigenvalue weighted by atomic mass is 9.83. The Hall–Kier alpha value is -1.83. The topological polar surface area (TPSA) is 0 Å². The maximum absolute atomic E-state index is 6.20. The van der Waals surface area contributed by atoms with Gasteiger partial charge in [-0.1, -0.05) is 67.3 Å². The molecule has 0 N–H and O–H groups in total. The van der Waals surface area contributed by atoms with Gasteiger partial charge in [-0.2, -0.15) is 0 Å². The quantitative estimate of drug-likeness (QED) is 0.329. The Morgan fingerprint density at radius 3 is 2.46 bits per heavy atom. The summed E-state index contributed by atoms with van der Waals surface area (Å²) in [6.45, 7) is 0. The number of benzene rings is 3. The van der Waals surface area contributed by atoms with Gasteiger partial charge in [0, 0.05) is 25.2 Å². The van der Waals surface area contributed by atoms with Crippen LogP contribution in [0.25, 0.3) is 31.3 Å². The highest BCUT2D eigenvalue weighted by Crippen LogP contribution is 2.38. The number of hydrogen-bond donors (Lipinski definition) is 0. The molecule has 1 aliphatic carbocycles. The van der Waals surface area contributed by atoms with Gasteiger partial charge in [-0.05, 0) is 59.7 Å². The molecular weight excluding hydrogens is 356 g/mol. The van der Waals surface area contributed by atoms with Gasteiger partial charge >= 0.3 is 0 Å². The third kappa shape index (κ3) is 2.94. The average Bonchev–Trinajstić information content (AvgIpc) is 3.06. The molecule has 1 aliphatic rings. The molecule has 0 bridgehead atoms. The van der Waals surface area contributed by atoms with E-state index in [9.17, 15) is 0 Å². The number of thiophene rings is 1. The molecule has 0 nitrogen and oxygen atoms in total. The molecule has 26 heavy (non-hydrogen) atoms. The predicted octanol–water partition coefficient (Wildman–Crippen LogP) is 8.42. The summed E-state index contributed by atoms with van der Waals surface area (Å²) in [6.07, 6.45) is 6.86. The molecule has 0 amide bonds. The lowest BCUT2D eigenvalue weighted by Crippen LogP contribution is -2.04. The normalized spacial score (nSPS) is 15.7. The highest BCUT2D eigenvalue weighted by atomic mass is 35.5. The zero-order valence-corrected chi connectivity index (χ0v) is 16.2. The minimum Gasteiger partial charge on any atom is -0.135 e. The van der Waals surface area contributed by atoms with E-state index in [4.69, 9.17) is 11.6 Å². The third-order valence-electron chi connectivity index (χ3n) is 5.73. The predicted molar refractivity (Wildman–Crippen MR) is 116 cm³/mol. The van der Waals surface area contributed by atoms with E-state index in [1.54, 1.807) is 0 Å². The van der Waals surface area contributed by atoms with Crippen LogP contribution in [0.5, 0.6) is 0 Å². The van der Waals surface area contributed by atoms with Crippen LogP contribution in [-0.4, -0.2) is 0 Å². The van der Waals surface area contributed by atoms with Crippen molar-refractivity contribution in [2.75, 3.05) is 0 Å². The van der Waals surface area contributed by atoms with E-state index in [1.165, 1.54) is 69.0 Å². The van der Waals surface area contributed by atoms with E-state index >= 15 is 0 Å². The summed E-state index contributed by atoms with van der Waals surface area (Å²) in [5.41, 5.74) is 4.17. The molecule has 0 atom stereocenters. The Balaban J connectivity index is 1.57. The van der Waals surface area contributed by atoms with Crippen molar-refractivity contribution in [3.05, 3.63) is 71.2 Å². The second-order valence-electron chi connectivity index (χ2n) is 7.41. The van der Waals surface area contributed by atoms with Crippen LogP contribution in [0.15, 0.2) is 60.7 Å². The van der Waals surface area contributed by atoms with Crippen LogP contribution in [0, 0.1) is 0 Å². The molecule has 3 aromatic carbocycles. The van der Waals surface area contributed by atoms with Gasteiger partial charge in [-0.25, -0.2) is 0 Å². The van der Waals surface area contributed by atoms with Crippen molar-refractivity contribution < 1.29 is 0 Å². The molecule has 0 unspecified atom stereocenters. The third-order valence-corrected chi connectivity index (χ3v) is 7.10. The van der Waals surface area contributed by atoms with Gasteiger partial charge in [-0.3, -0.25) is 0 Å². The summed E-state index contributed by atoms with van der Waals surface area (Å²) in [6, 6.07) is 22.3. The second kappa shape index (κ2) is 6.72. The van der Waals surface area contributed by atoms with Crippen LogP contribution in [0.4, 0.5) is 0 Å². The molecule has 4 aromatic rings. The highest BCUT2D eigenvalue weighted by molar-refractivity contribution is 7.25. The largest absolute Gasteiger partial charge is 0.135 e. The summed E-state index contributed by atoms with van der Waals surface area (Å²) in [4.78, 5) is 0. The zero-order valence-electron chi connectivity index (χ0n) is 14.7. The van der Waals surface area contributed by atoms with E-state index in [1.807, 2.05) is 17.4 Å². The smallest absolute Gasteiger partial charge is 0.0413 e. The first-order valence-electron chi connectivity index (χ1n) is 9.50. The first-order chi connectivity index (χ1) is 12.8. The fraction of sp³-hybridized carbons (Fsp3) is 0.250.